The Morgan fingerprint density at radius 2 is 1.76 bits per heavy atom. The van der Waals surface area contributed by atoms with E-state index in [0.29, 0.717) is 12.8 Å². The Bertz CT molecular complexity index is 396. The van der Waals surface area contributed by atoms with Crippen LogP contribution in [0, 0.1) is 0 Å². The summed E-state index contributed by atoms with van der Waals surface area (Å²) in [7, 11) is 0. The lowest BCUT2D eigenvalue weighted by Gasteiger charge is -2.34. The van der Waals surface area contributed by atoms with Gasteiger partial charge in [-0.15, -0.1) is 0 Å². The first-order chi connectivity index (χ1) is 8.12. The van der Waals surface area contributed by atoms with Gasteiger partial charge in [0, 0.05) is 10.2 Å². The number of nitrogens with one attached hydrogen (secondary N) is 1. The van der Waals surface area contributed by atoms with Gasteiger partial charge in [-0.2, -0.15) is 0 Å². The van der Waals surface area contributed by atoms with E-state index in [1.54, 1.807) is 0 Å². The van der Waals surface area contributed by atoms with Crippen LogP contribution in [0.4, 0.5) is 5.69 Å². The van der Waals surface area contributed by atoms with Crippen LogP contribution in [0.15, 0.2) is 28.7 Å². The number of carboxylic acid groups (broad SMARTS) is 1. The van der Waals surface area contributed by atoms with Crippen LogP contribution in [0.5, 0.6) is 0 Å². The van der Waals surface area contributed by atoms with E-state index in [1.807, 2.05) is 24.3 Å². The highest BCUT2D eigenvalue weighted by Gasteiger charge is 2.39. The molecule has 0 aromatic heterocycles. The van der Waals surface area contributed by atoms with E-state index in [9.17, 15) is 9.90 Å². The molecule has 4 heteroatoms. The van der Waals surface area contributed by atoms with Gasteiger partial charge in [0.2, 0.25) is 0 Å². The molecule has 1 fully saturated rings. The molecule has 0 saturated heterocycles. The van der Waals surface area contributed by atoms with Gasteiger partial charge in [0.05, 0.1) is 0 Å². The summed E-state index contributed by atoms with van der Waals surface area (Å²) in [6.07, 6.45) is 4.51. The number of hydrogen-bond donors (Lipinski definition) is 2. The molecule has 2 rings (SSSR count). The zero-order valence-corrected chi connectivity index (χ0v) is 11.2. The van der Waals surface area contributed by atoms with Crippen molar-refractivity contribution in [2.24, 2.45) is 0 Å². The van der Waals surface area contributed by atoms with Gasteiger partial charge in [-0.05, 0) is 37.1 Å². The summed E-state index contributed by atoms with van der Waals surface area (Å²) in [5, 5.41) is 12.6. The highest BCUT2D eigenvalue weighted by Crippen LogP contribution is 2.32. The molecular formula is C13H16BrNO2. The molecule has 1 aliphatic rings. The number of rotatable bonds is 3. The van der Waals surface area contributed by atoms with E-state index in [-0.39, 0.29) is 0 Å². The molecule has 17 heavy (non-hydrogen) atoms. The van der Waals surface area contributed by atoms with Crippen molar-refractivity contribution < 1.29 is 9.90 Å². The normalized spacial score (nSPS) is 18.6. The lowest BCUT2D eigenvalue weighted by molar-refractivity contribution is -0.143. The number of hydrogen-bond acceptors (Lipinski definition) is 2. The molecule has 0 radical (unpaired) electrons. The van der Waals surface area contributed by atoms with E-state index in [0.717, 1.165) is 29.4 Å². The lowest BCUT2D eigenvalue weighted by Crippen LogP contribution is -2.47. The average Bonchev–Trinajstić information content (AvgIpc) is 2.33. The molecule has 0 atom stereocenters. The standard InChI is InChI=1S/C13H16BrNO2/c14-10-4-6-11(7-5-10)15-13(12(16)17)8-2-1-3-9-13/h4-7,15H,1-3,8-9H2,(H,16,17). The molecule has 1 aromatic rings. The van der Waals surface area contributed by atoms with Crippen LogP contribution in [0.1, 0.15) is 32.1 Å². The van der Waals surface area contributed by atoms with Crippen molar-refractivity contribution in [3.05, 3.63) is 28.7 Å². The van der Waals surface area contributed by atoms with Gasteiger partial charge < -0.3 is 10.4 Å². The maximum atomic E-state index is 11.5. The predicted octanol–water partition coefficient (Wildman–Crippen LogP) is 3.65. The third-order valence-electron chi connectivity index (χ3n) is 3.34. The lowest BCUT2D eigenvalue weighted by atomic mass is 9.81. The van der Waals surface area contributed by atoms with E-state index < -0.39 is 11.5 Å². The summed E-state index contributed by atoms with van der Waals surface area (Å²) in [4.78, 5) is 11.5. The summed E-state index contributed by atoms with van der Waals surface area (Å²) >= 11 is 3.37. The van der Waals surface area contributed by atoms with Crippen molar-refractivity contribution in [3.63, 3.8) is 0 Å². The summed E-state index contributed by atoms with van der Waals surface area (Å²) in [5.41, 5.74) is 0.101. The fourth-order valence-corrected chi connectivity index (χ4v) is 2.62. The Morgan fingerprint density at radius 1 is 1.18 bits per heavy atom. The van der Waals surface area contributed by atoms with Crippen molar-refractivity contribution >= 4 is 27.6 Å². The Kier molecular flexibility index (Phi) is 3.72. The first kappa shape index (κ1) is 12.4. The minimum atomic E-state index is -0.772. The Hall–Kier alpha value is -1.03. The second-order valence-electron chi connectivity index (χ2n) is 4.58. The van der Waals surface area contributed by atoms with Crippen LogP contribution in [0.3, 0.4) is 0 Å². The molecule has 1 saturated carbocycles. The van der Waals surface area contributed by atoms with Crippen LogP contribution in [0.25, 0.3) is 0 Å². The van der Waals surface area contributed by atoms with Crippen LogP contribution in [0.2, 0.25) is 0 Å². The molecule has 1 aromatic carbocycles. The number of anilines is 1. The Morgan fingerprint density at radius 3 is 2.29 bits per heavy atom. The molecule has 0 aliphatic heterocycles. The zero-order valence-electron chi connectivity index (χ0n) is 9.58. The van der Waals surface area contributed by atoms with Crippen LogP contribution in [-0.2, 0) is 4.79 Å². The topological polar surface area (TPSA) is 49.3 Å². The van der Waals surface area contributed by atoms with Crippen LogP contribution < -0.4 is 5.32 Å². The van der Waals surface area contributed by atoms with Crippen molar-refractivity contribution in [3.8, 4) is 0 Å². The van der Waals surface area contributed by atoms with Gasteiger partial charge in [-0.25, -0.2) is 4.79 Å². The highest BCUT2D eigenvalue weighted by atomic mass is 79.9. The van der Waals surface area contributed by atoms with Crippen molar-refractivity contribution in [2.75, 3.05) is 5.32 Å². The third kappa shape index (κ3) is 2.80. The smallest absolute Gasteiger partial charge is 0.329 e. The van der Waals surface area contributed by atoms with Crippen LogP contribution >= 0.6 is 15.9 Å². The van der Waals surface area contributed by atoms with Gasteiger partial charge in [0.25, 0.3) is 0 Å². The number of halogens is 1. The number of carbonyl (C=O) groups is 1. The maximum absolute atomic E-state index is 11.5. The first-order valence-electron chi connectivity index (χ1n) is 5.90. The van der Waals surface area contributed by atoms with Gasteiger partial charge in [0.1, 0.15) is 5.54 Å². The molecule has 0 spiro atoms. The molecule has 2 N–H and O–H groups in total. The fourth-order valence-electron chi connectivity index (χ4n) is 2.36. The summed E-state index contributed by atoms with van der Waals surface area (Å²) in [5.74, 6) is -0.736. The van der Waals surface area contributed by atoms with Crippen molar-refractivity contribution in [1.82, 2.24) is 0 Å². The summed E-state index contributed by atoms with van der Waals surface area (Å²) < 4.78 is 0.996. The number of benzene rings is 1. The second kappa shape index (κ2) is 5.08. The van der Waals surface area contributed by atoms with Crippen LogP contribution in [-0.4, -0.2) is 16.6 Å². The molecule has 92 valence electrons. The third-order valence-corrected chi connectivity index (χ3v) is 3.87. The van der Waals surface area contributed by atoms with Gasteiger partial charge >= 0.3 is 5.97 Å². The van der Waals surface area contributed by atoms with Gasteiger partial charge in [-0.1, -0.05) is 35.2 Å². The van der Waals surface area contributed by atoms with Gasteiger partial charge in [0.15, 0.2) is 0 Å². The molecule has 1 aliphatic carbocycles. The fraction of sp³-hybridized carbons (Fsp3) is 0.462. The molecule has 0 amide bonds. The van der Waals surface area contributed by atoms with Crippen molar-refractivity contribution in [1.29, 1.82) is 0 Å². The zero-order chi connectivity index (χ0) is 12.3. The average molecular weight is 298 g/mol. The molecule has 0 heterocycles. The van der Waals surface area contributed by atoms with E-state index in [1.165, 1.54) is 0 Å². The molecule has 3 nitrogen and oxygen atoms in total. The SMILES string of the molecule is O=C(O)C1(Nc2ccc(Br)cc2)CCCCC1. The summed E-state index contributed by atoms with van der Waals surface area (Å²) in [6, 6.07) is 7.65. The van der Waals surface area contributed by atoms with Crippen molar-refractivity contribution in [2.45, 2.75) is 37.6 Å². The highest BCUT2D eigenvalue weighted by molar-refractivity contribution is 9.10. The Balaban J connectivity index is 2.17. The maximum Gasteiger partial charge on any atom is 0.329 e. The first-order valence-corrected chi connectivity index (χ1v) is 6.69. The van der Waals surface area contributed by atoms with E-state index in [2.05, 4.69) is 21.2 Å². The monoisotopic (exact) mass is 297 g/mol. The van der Waals surface area contributed by atoms with Gasteiger partial charge in [-0.3, -0.25) is 0 Å². The van der Waals surface area contributed by atoms with E-state index in [4.69, 9.17) is 0 Å². The minimum absolute atomic E-state index is 0.707. The molecule has 0 bridgehead atoms. The predicted molar refractivity (Wildman–Crippen MR) is 71.2 cm³/mol. The number of aliphatic carboxylic acids is 1. The molecule has 0 unspecified atom stereocenters. The second-order valence-corrected chi connectivity index (χ2v) is 5.50. The molecular weight excluding hydrogens is 282 g/mol. The quantitative estimate of drug-likeness (QED) is 0.895. The minimum Gasteiger partial charge on any atom is -0.480 e. The number of carboxylic acids is 1. The largest absolute Gasteiger partial charge is 0.480 e. The Labute approximate surface area is 109 Å². The van der Waals surface area contributed by atoms with E-state index >= 15 is 0 Å². The summed E-state index contributed by atoms with van der Waals surface area (Å²) in [6.45, 7) is 0.